The van der Waals surface area contributed by atoms with Crippen molar-refractivity contribution in [2.24, 2.45) is 5.14 Å². The maximum absolute atomic E-state index is 11.6. The van der Waals surface area contributed by atoms with E-state index < -0.39 is 16.0 Å². The van der Waals surface area contributed by atoms with E-state index in [4.69, 9.17) is 15.6 Å². The van der Waals surface area contributed by atoms with Crippen molar-refractivity contribution >= 4 is 21.8 Å². The highest BCUT2D eigenvalue weighted by atomic mass is 32.2. The smallest absolute Gasteiger partial charge is 0.362 e. The number of esters is 1. The minimum absolute atomic E-state index is 0.00296. The van der Waals surface area contributed by atoms with Crippen molar-refractivity contribution in [3.05, 3.63) is 30.0 Å². The number of primary sulfonamides is 1. The van der Waals surface area contributed by atoms with E-state index in [9.17, 15) is 13.2 Å². The van der Waals surface area contributed by atoms with Crippen molar-refractivity contribution in [2.45, 2.75) is 11.8 Å². The maximum Gasteiger partial charge on any atom is 0.362 e. The van der Waals surface area contributed by atoms with E-state index in [2.05, 4.69) is 10.3 Å². The van der Waals surface area contributed by atoms with Gasteiger partial charge < -0.3 is 10.5 Å². The van der Waals surface area contributed by atoms with Crippen molar-refractivity contribution < 1.29 is 17.9 Å². The first kappa shape index (κ1) is 14.9. The van der Waals surface area contributed by atoms with Crippen LogP contribution in [0.2, 0.25) is 0 Å². The molecule has 2 aromatic rings. The zero-order valence-corrected chi connectivity index (χ0v) is 11.9. The molecule has 0 aliphatic carbocycles. The molecule has 0 fully saturated rings. The number of hydrogen-bond acceptors (Lipinski definition) is 7. The summed E-state index contributed by atoms with van der Waals surface area (Å²) in [7, 11) is -3.78. The molecular formula is C11H13N5O4S. The second-order valence-corrected chi connectivity index (χ2v) is 5.56. The summed E-state index contributed by atoms with van der Waals surface area (Å²) in [6.45, 7) is 1.85. The first-order valence-corrected chi connectivity index (χ1v) is 7.40. The van der Waals surface area contributed by atoms with E-state index in [0.717, 1.165) is 0 Å². The fourth-order valence-electron chi connectivity index (χ4n) is 1.60. The molecule has 112 valence electrons. The molecule has 1 heterocycles. The number of nitrogen functional groups attached to an aromatic ring is 1. The highest BCUT2D eigenvalue weighted by Gasteiger charge is 2.19. The Balaban J connectivity index is 2.37. The summed E-state index contributed by atoms with van der Waals surface area (Å²) in [5.74, 6) is -0.681. The lowest BCUT2D eigenvalue weighted by Crippen LogP contribution is -2.12. The Kier molecular flexibility index (Phi) is 3.91. The highest BCUT2D eigenvalue weighted by Crippen LogP contribution is 2.17. The van der Waals surface area contributed by atoms with Crippen LogP contribution < -0.4 is 10.9 Å². The van der Waals surface area contributed by atoms with Crippen LogP contribution in [0.1, 0.15) is 17.4 Å². The van der Waals surface area contributed by atoms with Crippen molar-refractivity contribution in [2.75, 3.05) is 12.3 Å². The summed E-state index contributed by atoms with van der Waals surface area (Å²) < 4.78 is 28.3. The van der Waals surface area contributed by atoms with Crippen LogP contribution in [0, 0.1) is 0 Å². The van der Waals surface area contributed by atoms with Gasteiger partial charge in [0, 0.05) is 0 Å². The third-order valence-electron chi connectivity index (χ3n) is 2.58. The van der Waals surface area contributed by atoms with Gasteiger partial charge in [0.1, 0.15) is 0 Å². The lowest BCUT2D eigenvalue weighted by molar-refractivity contribution is 0.0520. The number of aromatic nitrogens is 3. The van der Waals surface area contributed by atoms with Gasteiger partial charge in [0.15, 0.2) is 5.82 Å². The molecule has 0 spiro atoms. The third-order valence-corrected chi connectivity index (χ3v) is 3.51. The molecule has 0 bridgehead atoms. The molecule has 4 N–H and O–H groups in total. The number of nitrogens with zero attached hydrogens (tertiary/aromatic N) is 3. The molecule has 10 heteroatoms. The van der Waals surface area contributed by atoms with E-state index in [-0.39, 0.29) is 23.0 Å². The van der Waals surface area contributed by atoms with Gasteiger partial charge in [-0.1, -0.05) is 5.21 Å². The van der Waals surface area contributed by atoms with Crippen molar-refractivity contribution in [1.82, 2.24) is 15.0 Å². The third kappa shape index (κ3) is 3.01. The number of anilines is 1. The van der Waals surface area contributed by atoms with Gasteiger partial charge in [-0.3, -0.25) is 0 Å². The molecular weight excluding hydrogens is 298 g/mol. The average Bonchev–Trinajstić information content (AvgIpc) is 2.80. The minimum atomic E-state index is -3.78. The van der Waals surface area contributed by atoms with E-state index in [1.165, 1.54) is 28.9 Å². The Morgan fingerprint density at radius 1 is 1.33 bits per heavy atom. The quantitative estimate of drug-likeness (QED) is 0.736. The summed E-state index contributed by atoms with van der Waals surface area (Å²) in [5.41, 5.74) is 6.11. The molecule has 0 saturated heterocycles. The lowest BCUT2D eigenvalue weighted by Gasteiger charge is -2.04. The predicted molar refractivity (Wildman–Crippen MR) is 73.1 cm³/mol. The average molecular weight is 311 g/mol. The molecule has 0 amide bonds. The molecule has 0 saturated carbocycles. The SMILES string of the molecule is CCOC(=O)c1nnn(-c2ccc(S(N)(=O)=O)cc2)c1N. The zero-order valence-electron chi connectivity index (χ0n) is 11.1. The maximum atomic E-state index is 11.6. The van der Waals surface area contributed by atoms with Crippen molar-refractivity contribution in [1.29, 1.82) is 0 Å². The van der Waals surface area contributed by atoms with Crippen LogP contribution in [0.15, 0.2) is 29.2 Å². The Morgan fingerprint density at radius 3 is 2.48 bits per heavy atom. The Labute approximate surface area is 120 Å². The highest BCUT2D eigenvalue weighted by molar-refractivity contribution is 7.89. The van der Waals surface area contributed by atoms with E-state index in [1.54, 1.807) is 6.92 Å². The monoisotopic (exact) mass is 311 g/mol. The van der Waals surface area contributed by atoms with Crippen molar-refractivity contribution in [3.8, 4) is 5.69 Å². The number of carbonyl (C=O) groups excluding carboxylic acids is 1. The van der Waals surface area contributed by atoms with Crippen molar-refractivity contribution in [3.63, 3.8) is 0 Å². The first-order valence-electron chi connectivity index (χ1n) is 5.86. The predicted octanol–water partition coefficient (Wildman–Crippen LogP) is -0.326. The number of ether oxygens (including phenoxy) is 1. The van der Waals surface area contributed by atoms with Gasteiger partial charge in [-0.2, -0.15) is 4.68 Å². The van der Waals surface area contributed by atoms with Crippen LogP contribution in [0.3, 0.4) is 0 Å². The largest absolute Gasteiger partial charge is 0.461 e. The number of hydrogen-bond donors (Lipinski definition) is 2. The number of nitrogens with two attached hydrogens (primary N) is 2. The molecule has 0 atom stereocenters. The molecule has 21 heavy (non-hydrogen) atoms. The fourth-order valence-corrected chi connectivity index (χ4v) is 2.12. The molecule has 0 aliphatic rings. The van der Waals surface area contributed by atoms with E-state index in [0.29, 0.717) is 5.69 Å². The first-order chi connectivity index (χ1) is 9.84. The molecule has 1 aromatic heterocycles. The molecule has 2 rings (SSSR count). The van der Waals surface area contributed by atoms with Gasteiger partial charge in [-0.25, -0.2) is 18.4 Å². The second-order valence-electron chi connectivity index (χ2n) is 3.99. The van der Waals surface area contributed by atoms with Crippen LogP contribution in [0.25, 0.3) is 5.69 Å². The van der Waals surface area contributed by atoms with Gasteiger partial charge in [0.2, 0.25) is 15.7 Å². The summed E-state index contributed by atoms with van der Waals surface area (Å²) in [4.78, 5) is 11.5. The zero-order chi connectivity index (χ0) is 15.6. The number of sulfonamides is 1. The number of carbonyl (C=O) groups is 1. The van der Waals surface area contributed by atoms with E-state index >= 15 is 0 Å². The van der Waals surface area contributed by atoms with Crippen LogP contribution in [0.5, 0.6) is 0 Å². The van der Waals surface area contributed by atoms with Crippen LogP contribution >= 0.6 is 0 Å². The summed E-state index contributed by atoms with van der Waals surface area (Å²) in [6.07, 6.45) is 0. The molecule has 0 unspecified atom stereocenters. The summed E-state index contributed by atoms with van der Waals surface area (Å²) in [5, 5.41) is 12.4. The molecule has 0 aliphatic heterocycles. The second kappa shape index (κ2) is 5.50. The van der Waals surface area contributed by atoms with Gasteiger partial charge >= 0.3 is 5.97 Å². The standard InChI is InChI=1S/C11H13N5O4S/c1-2-20-11(17)9-10(12)16(15-14-9)7-3-5-8(6-4-7)21(13,18)19/h3-6H,2,12H2,1H3,(H2,13,18,19). The topological polar surface area (TPSA) is 143 Å². The lowest BCUT2D eigenvalue weighted by atomic mass is 10.3. The van der Waals surface area contributed by atoms with Crippen LogP contribution in [-0.4, -0.2) is 36.0 Å². The molecule has 0 radical (unpaired) electrons. The molecule has 9 nitrogen and oxygen atoms in total. The summed E-state index contributed by atoms with van der Waals surface area (Å²) >= 11 is 0. The van der Waals surface area contributed by atoms with E-state index in [1.807, 2.05) is 0 Å². The number of benzene rings is 1. The minimum Gasteiger partial charge on any atom is -0.461 e. The van der Waals surface area contributed by atoms with Crippen LogP contribution in [-0.2, 0) is 14.8 Å². The Morgan fingerprint density at radius 2 is 1.95 bits per heavy atom. The molecule has 1 aromatic carbocycles. The fraction of sp³-hybridized carbons (Fsp3) is 0.182. The Bertz CT molecular complexity index is 766. The van der Waals surface area contributed by atoms with Gasteiger partial charge in [-0.15, -0.1) is 5.10 Å². The van der Waals surface area contributed by atoms with Gasteiger partial charge in [-0.05, 0) is 31.2 Å². The Hall–Kier alpha value is -2.46. The van der Waals surface area contributed by atoms with Gasteiger partial charge in [0.05, 0.1) is 17.2 Å². The van der Waals surface area contributed by atoms with Crippen LogP contribution in [0.4, 0.5) is 5.82 Å². The normalized spacial score (nSPS) is 11.3. The van der Waals surface area contributed by atoms with Gasteiger partial charge in [0.25, 0.3) is 0 Å². The number of rotatable bonds is 4. The summed E-state index contributed by atoms with van der Waals surface area (Å²) in [6, 6.07) is 5.49.